The van der Waals surface area contributed by atoms with Crippen molar-refractivity contribution in [2.24, 2.45) is 0 Å². The summed E-state index contributed by atoms with van der Waals surface area (Å²) in [5.74, 6) is 0. The van der Waals surface area contributed by atoms with Crippen molar-refractivity contribution < 1.29 is 0 Å². The van der Waals surface area contributed by atoms with E-state index in [-0.39, 0.29) is 5.54 Å². The standard InChI is InChI=1S/C16H25N3/c1-15(2)12-19(11-14-7-3-6-10-17-14)13-16(18-15)8-4-5-9-16/h3,6-7,10,18H,4-5,8-9,11-13H2,1-2H3. The average Bonchev–Trinajstić information content (AvgIpc) is 2.75. The van der Waals surface area contributed by atoms with Crippen molar-refractivity contribution in [3.63, 3.8) is 0 Å². The van der Waals surface area contributed by atoms with E-state index in [1.165, 1.54) is 37.9 Å². The Morgan fingerprint density at radius 1 is 1.21 bits per heavy atom. The molecule has 1 saturated heterocycles. The van der Waals surface area contributed by atoms with Gasteiger partial charge >= 0.3 is 0 Å². The Morgan fingerprint density at radius 3 is 2.68 bits per heavy atom. The second-order valence-electron chi connectivity index (χ2n) is 6.96. The number of nitrogens with zero attached hydrogens (tertiary/aromatic N) is 2. The van der Waals surface area contributed by atoms with E-state index < -0.39 is 0 Å². The number of rotatable bonds is 2. The molecule has 3 heteroatoms. The quantitative estimate of drug-likeness (QED) is 0.885. The van der Waals surface area contributed by atoms with Crippen LogP contribution in [-0.4, -0.2) is 34.1 Å². The summed E-state index contributed by atoms with van der Waals surface area (Å²) in [6.07, 6.45) is 7.30. The topological polar surface area (TPSA) is 28.2 Å². The summed E-state index contributed by atoms with van der Waals surface area (Å²) < 4.78 is 0. The fraction of sp³-hybridized carbons (Fsp3) is 0.688. The molecule has 1 aromatic rings. The number of pyridine rings is 1. The number of nitrogens with one attached hydrogen (secondary N) is 1. The van der Waals surface area contributed by atoms with Gasteiger partial charge in [-0.05, 0) is 38.8 Å². The minimum Gasteiger partial charge on any atom is -0.304 e. The van der Waals surface area contributed by atoms with E-state index in [0.717, 1.165) is 13.1 Å². The van der Waals surface area contributed by atoms with E-state index in [4.69, 9.17) is 0 Å². The van der Waals surface area contributed by atoms with Crippen molar-refractivity contribution in [3.05, 3.63) is 30.1 Å². The van der Waals surface area contributed by atoms with E-state index in [1.807, 2.05) is 12.3 Å². The van der Waals surface area contributed by atoms with E-state index >= 15 is 0 Å². The Labute approximate surface area is 116 Å². The molecule has 1 aliphatic heterocycles. The molecule has 2 heterocycles. The Kier molecular flexibility index (Phi) is 3.35. The van der Waals surface area contributed by atoms with Crippen LogP contribution >= 0.6 is 0 Å². The van der Waals surface area contributed by atoms with Crippen LogP contribution in [0.5, 0.6) is 0 Å². The smallest absolute Gasteiger partial charge is 0.0543 e. The molecule has 19 heavy (non-hydrogen) atoms. The predicted molar refractivity (Wildman–Crippen MR) is 77.9 cm³/mol. The fourth-order valence-electron chi connectivity index (χ4n) is 4.01. The van der Waals surface area contributed by atoms with Crippen LogP contribution in [0.2, 0.25) is 0 Å². The summed E-state index contributed by atoms with van der Waals surface area (Å²) in [5.41, 5.74) is 1.75. The number of hydrogen-bond acceptors (Lipinski definition) is 3. The van der Waals surface area contributed by atoms with Crippen molar-refractivity contribution in [3.8, 4) is 0 Å². The van der Waals surface area contributed by atoms with Gasteiger partial charge < -0.3 is 5.32 Å². The van der Waals surface area contributed by atoms with Gasteiger partial charge in [0.2, 0.25) is 0 Å². The zero-order valence-corrected chi connectivity index (χ0v) is 12.2. The summed E-state index contributed by atoms with van der Waals surface area (Å²) >= 11 is 0. The molecule has 1 saturated carbocycles. The highest BCUT2D eigenvalue weighted by Gasteiger charge is 2.43. The van der Waals surface area contributed by atoms with Crippen molar-refractivity contribution in [1.82, 2.24) is 15.2 Å². The molecule has 2 aliphatic rings. The van der Waals surface area contributed by atoms with Crippen LogP contribution in [0, 0.1) is 0 Å². The van der Waals surface area contributed by atoms with Gasteiger partial charge in [-0.25, -0.2) is 0 Å². The van der Waals surface area contributed by atoms with Crippen molar-refractivity contribution >= 4 is 0 Å². The minimum atomic E-state index is 0.206. The Bertz CT molecular complexity index is 421. The Morgan fingerprint density at radius 2 is 2.00 bits per heavy atom. The van der Waals surface area contributed by atoms with E-state index in [0.29, 0.717) is 5.54 Å². The molecule has 1 aromatic heterocycles. The molecule has 0 bridgehead atoms. The summed E-state index contributed by atoms with van der Waals surface area (Å²) in [6, 6.07) is 6.21. The molecule has 0 aromatic carbocycles. The monoisotopic (exact) mass is 259 g/mol. The molecule has 2 fully saturated rings. The highest BCUT2D eigenvalue weighted by molar-refractivity contribution is 5.08. The third kappa shape index (κ3) is 2.98. The van der Waals surface area contributed by atoms with Gasteiger partial charge in [-0.2, -0.15) is 0 Å². The number of piperazine rings is 1. The molecule has 0 atom stereocenters. The van der Waals surface area contributed by atoms with E-state index in [9.17, 15) is 0 Å². The summed E-state index contributed by atoms with van der Waals surface area (Å²) in [6.45, 7) is 7.92. The lowest BCUT2D eigenvalue weighted by Crippen LogP contribution is -2.67. The largest absolute Gasteiger partial charge is 0.304 e. The zero-order chi connectivity index (χ0) is 13.3. The Balaban J connectivity index is 1.74. The lowest BCUT2D eigenvalue weighted by atomic mass is 9.87. The van der Waals surface area contributed by atoms with Gasteiger partial charge in [0.25, 0.3) is 0 Å². The molecule has 1 aliphatic carbocycles. The first-order valence-corrected chi connectivity index (χ1v) is 7.49. The average molecular weight is 259 g/mol. The minimum absolute atomic E-state index is 0.206. The molecule has 3 rings (SSSR count). The zero-order valence-electron chi connectivity index (χ0n) is 12.2. The molecule has 1 N–H and O–H groups in total. The summed E-state index contributed by atoms with van der Waals surface area (Å²) in [5, 5.41) is 3.92. The van der Waals surface area contributed by atoms with Crippen LogP contribution in [0.25, 0.3) is 0 Å². The van der Waals surface area contributed by atoms with Gasteiger partial charge in [-0.15, -0.1) is 0 Å². The lowest BCUT2D eigenvalue weighted by molar-refractivity contribution is 0.0565. The maximum absolute atomic E-state index is 4.47. The highest BCUT2D eigenvalue weighted by Crippen LogP contribution is 2.35. The predicted octanol–water partition coefficient (Wildman–Crippen LogP) is 2.58. The first-order chi connectivity index (χ1) is 9.07. The van der Waals surface area contributed by atoms with Crippen LogP contribution in [0.3, 0.4) is 0 Å². The molecule has 0 amide bonds. The normalized spacial score (nSPS) is 25.8. The molecular formula is C16H25N3. The van der Waals surface area contributed by atoms with Gasteiger partial charge in [0.1, 0.15) is 0 Å². The SMILES string of the molecule is CC1(C)CN(Cc2ccccn2)CC2(CCCC2)N1. The number of hydrogen-bond donors (Lipinski definition) is 1. The van der Waals surface area contributed by atoms with Crippen molar-refractivity contribution in [2.45, 2.75) is 57.2 Å². The lowest BCUT2D eigenvalue weighted by Gasteiger charge is -2.50. The molecule has 104 valence electrons. The van der Waals surface area contributed by atoms with E-state index in [2.05, 4.69) is 41.2 Å². The third-order valence-electron chi connectivity index (χ3n) is 4.42. The van der Waals surface area contributed by atoms with Crippen molar-refractivity contribution in [2.75, 3.05) is 13.1 Å². The maximum atomic E-state index is 4.47. The van der Waals surface area contributed by atoms with Crippen LogP contribution in [0.1, 0.15) is 45.2 Å². The molecule has 3 nitrogen and oxygen atoms in total. The summed E-state index contributed by atoms with van der Waals surface area (Å²) in [7, 11) is 0. The first-order valence-electron chi connectivity index (χ1n) is 7.49. The van der Waals surface area contributed by atoms with E-state index in [1.54, 1.807) is 0 Å². The van der Waals surface area contributed by atoms with Crippen LogP contribution in [0.15, 0.2) is 24.4 Å². The van der Waals surface area contributed by atoms with Gasteiger partial charge in [0.15, 0.2) is 0 Å². The molecule has 1 spiro atoms. The second kappa shape index (κ2) is 4.88. The van der Waals surface area contributed by atoms with Gasteiger partial charge in [-0.1, -0.05) is 18.9 Å². The molecular weight excluding hydrogens is 234 g/mol. The maximum Gasteiger partial charge on any atom is 0.0543 e. The van der Waals surface area contributed by atoms with Crippen LogP contribution in [0.4, 0.5) is 0 Å². The third-order valence-corrected chi connectivity index (χ3v) is 4.42. The molecule has 0 radical (unpaired) electrons. The van der Waals surface area contributed by atoms with Gasteiger partial charge in [-0.3, -0.25) is 9.88 Å². The number of aromatic nitrogens is 1. The molecule has 0 unspecified atom stereocenters. The van der Waals surface area contributed by atoms with Crippen LogP contribution in [-0.2, 0) is 6.54 Å². The van der Waals surface area contributed by atoms with Crippen LogP contribution < -0.4 is 5.32 Å². The van der Waals surface area contributed by atoms with Crippen molar-refractivity contribution in [1.29, 1.82) is 0 Å². The van der Waals surface area contributed by atoms with Gasteiger partial charge in [0, 0.05) is 36.9 Å². The Hall–Kier alpha value is -0.930. The fourth-order valence-corrected chi connectivity index (χ4v) is 4.01. The summed E-state index contributed by atoms with van der Waals surface area (Å²) in [4.78, 5) is 7.06. The first kappa shape index (κ1) is 13.1. The second-order valence-corrected chi connectivity index (χ2v) is 6.96. The highest BCUT2D eigenvalue weighted by atomic mass is 15.3. The van der Waals surface area contributed by atoms with Gasteiger partial charge in [0.05, 0.1) is 5.69 Å².